The molecule has 60 heavy (non-hydrogen) atoms. The van der Waals surface area contributed by atoms with E-state index in [1.54, 1.807) is 28.4 Å². The van der Waals surface area contributed by atoms with Crippen LogP contribution in [0, 0.1) is 23.7 Å². The number of aromatic nitrogens is 2. The summed E-state index contributed by atoms with van der Waals surface area (Å²) >= 11 is 0. The van der Waals surface area contributed by atoms with Crippen LogP contribution in [-0.2, 0) is 19.1 Å². The van der Waals surface area contributed by atoms with E-state index in [-0.39, 0.29) is 11.1 Å². The summed E-state index contributed by atoms with van der Waals surface area (Å²) in [5, 5.41) is 4.05. The van der Waals surface area contributed by atoms with E-state index in [1.165, 1.54) is 14.2 Å². The number of carbonyl (C=O) groups excluding carboxylic acids is 2. The molecule has 0 fully saturated rings. The van der Waals surface area contributed by atoms with Crippen LogP contribution < -0.4 is 18.9 Å². The highest BCUT2D eigenvalue weighted by Gasteiger charge is 2.21. The van der Waals surface area contributed by atoms with Gasteiger partial charge in [0.05, 0.1) is 64.7 Å². The first-order valence-electron chi connectivity index (χ1n) is 18.8. The number of carbonyl (C=O) groups is 2. The fourth-order valence-corrected chi connectivity index (χ4v) is 7.32. The third-order valence-corrected chi connectivity index (χ3v) is 10.3. The molecule has 2 heterocycles. The highest BCUT2D eigenvalue weighted by molar-refractivity contribution is 6.11. The van der Waals surface area contributed by atoms with E-state index < -0.39 is 11.9 Å². The van der Waals surface area contributed by atoms with Crippen molar-refractivity contribution in [3.8, 4) is 58.1 Å². The van der Waals surface area contributed by atoms with Gasteiger partial charge in [0.2, 0.25) is 0 Å². The van der Waals surface area contributed by atoms with Gasteiger partial charge in [-0.3, -0.25) is 0 Å². The van der Waals surface area contributed by atoms with Gasteiger partial charge in [0.1, 0.15) is 34.1 Å². The van der Waals surface area contributed by atoms with Gasteiger partial charge >= 0.3 is 11.9 Å². The van der Waals surface area contributed by atoms with Gasteiger partial charge in [0.25, 0.3) is 0 Å². The maximum absolute atomic E-state index is 13.1. The van der Waals surface area contributed by atoms with Gasteiger partial charge in [-0.25, -0.2) is 9.59 Å². The van der Waals surface area contributed by atoms with Crippen molar-refractivity contribution in [3.05, 3.63) is 144 Å². The van der Waals surface area contributed by atoms with Gasteiger partial charge in [0.15, 0.2) is 0 Å². The molecule has 0 saturated carbocycles. The number of methoxy groups -OCH3 is 6. The van der Waals surface area contributed by atoms with E-state index in [0.717, 1.165) is 78.0 Å². The Bertz CT molecular complexity index is 2810. The van der Waals surface area contributed by atoms with Gasteiger partial charge in [0, 0.05) is 44.0 Å². The Morgan fingerprint density at radius 1 is 0.400 bits per heavy atom. The van der Waals surface area contributed by atoms with Gasteiger partial charge in [-0.05, 0) is 121 Å². The smallest absolute Gasteiger partial charge is 0.348 e. The lowest BCUT2D eigenvalue weighted by Gasteiger charge is -2.09. The third-order valence-electron chi connectivity index (χ3n) is 10.3. The van der Waals surface area contributed by atoms with E-state index >= 15 is 0 Å². The van der Waals surface area contributed by atoms with Crippen molar-refractivity contribution in [3.63, 3.8) is 0 Å². The molecule has 296 valence electrons. The quantitative estimate of drug-likeness (QED) is 0.0855. The van der Waals surface area contributed by atoms with Crippen LogP contribution in [0.3, 0.4) is 0 Å². The minimum absolute atomic E-state index is 0.223. The van der Waals surface area contributed by atoms with Crippen molar-refractivity contribution < 1.29 is 38.0 Å². The Kier molecular flexibility index (Phi) is 10.6. The standard InChI is InChI=1S/C50H38N2O8/c1-55-35-17-23-45-41(27-35)42-28-36(56-2)18-24-46(42)51(45)33-13-7-31(8-14-33)11-21-39(49(53)59-5)40(50(54)60-6)22-12-32-9-15-34(16-10-32)52-47-25-19-37(57-3)29-43(47)44-30-38(58-4)20-26-48(44)52/h7-10,13-20,23-30H,1-6H3/b40-39+. The first-order valence-corrected chi connectivity index (χ1v) is 18.8. The molecule has 0 amide bonds. The molecule has 0 bridgehead atoms. The molecule has 8 rings (SSSR count). The van der Waals surface area contributed by atoms with Crippen LogP contribution in [0.5, 0.6) is 23.0 Å². The Balaban J connectivity index is 1.14. The largest absolute Gasteiger partial charge is 0.497 e. The normalized spacial score (nSPS) is 11.3. The second kappa shape index (κ2) is 16.4. The Morgan fingerprint density at radius 2 is 0.683 bits per heavy atom. The molecular formula is C50H38N2O8. The van der Waals surface area contributed by atoms with E-state index in [1.807, 2.05) is 121 Å². The molecule has 0 N–H and O–H groups in total. The predicted molar refractivity (Wildman–Crippen MR) is 233 cm³/mol. The topological polar surface area (TPSA) is 99.4 Å². The van der Waals surface area contributed by atoms with Crippen LogP contribution in [-0.4, -0.2) is 63.7 Å². The number of hydrogen-bond donors (Lipinski definition) is 0. The van der Waals surface area contributed by atoms with Crippen molar-refractivity contribution in [2.75, 3.05) is 42.7 Å². The number of benzene rings is 6. The summed E-state index contributed by atoms with van der Waals surface area (Å²) < 4.78 is 36.5. The summed E-state index contributed by atoms with van der Waals surface area (Å²) in [6.07, 6.45) is 0. The van der Waals surface area contributed by atoms with Crippen LogP contribution >= 0.6 is 0 Å². The molecule has 6 aromatic carbocycles. The molecule has 0 saturated heterocycles. The lowest BCUT2D eigenvalue weighted by Crippen LogP contribution is -2.13. The highest BCUT2D eigenvalue weighted by Crippen LogP contribution is 2.38. The number of esters is 2. The maximum atomic E-state index is 13.1. The van der Waals surface area contributed by atoms with Gasteiger partial charge < -0.3 is 37.6 Å². The van der Waals surface area contributed by atoms with Crippen molar-refractivity contribution in [1.29, 1.82) is 0 Å². The summed E-state index contributed by atoms with van der Waals surface area (Å²) in [6, 6.07) is 39.0. The van der Waals surface area contributed by atoms with Gasteiger partial charge in [-0.2, -0.15) is 0 Å². The molecule has 2 aromatic heterocycles. The highest BCUT2D eigenvalue weighted by atomic mass is 16.5. The minimum Gasteiger partial charge on any atom is -0.497 e. The lowest BCUT2D eigenvalue weighted by atomic mass is 10.1. The van der Waals surface area contributed by atoms with Crippen LogP contribution in [0.2, 0.25) is 0 Å². The third kappa shape index (κ3) is 7.08. The van der Waals surface area contributed by atoms with Gasteiger partial charge in [-0.15, -0.1) is 0 Å². The Hall–Kier alpha value is -8.08. The lowest BCUT2D eigenvalue weighted by molar-refractivity contribution is -0.138. The van der Waals surface area contributed by atoms with Crippen molar-refractivity contribution in [2.45, 2.75) is 0 Å². The molecule has 10 nitrogen and oxygen atoms in total. The van der Waals surface area contributed by atoms with Crippen molar-refractivity contribution >= 4 is 55.6 Å². The van der Waals surface area contributed by atoms with Crippen LogP contribution in [0.1, 0.15) is 11.1 Å². The summed E-state index contributed by atoms with van der Waals surface area (Å²) in [7, 11) is 9.02. The van der Waals surface area contributed by atoms with Crippen molar-refractivity contribution in [2.24, 2.45) is 0 Å². The SMILES string of the molecule is COC(=O)/C(C#Cc1ccc(-n2c3ccc(OC)cc3c3cc(OC)ccc32)cc1)=C(\C#Cc1ccc(-n2c3ccc(OC)cc3c3cc(OC)ccc32)cc1)C(=O)OC. The average Bonchev–Trinajstić information content (AvgIpc) is 3.80. The maximum Gasteiger partial charge on any atom is 0.348 e. The molecule has 0 unspecified atom stereocenters. The number of ether oxygens (including phenoxy) is 6. The van der Waals surface area contributed by atoms with Crippen molar-refractivity contribution in [1.82, 2.24) is 9.13 Å². The second-order valence-electron chi connectivity index (χ2n) is 13.5. The summed E-state index contributed by atoms with van der Waals surface area (Å²) in [5.74, 6) is 13.1. The molecular weight excluding hydrogens is 757 g/mol. The van der Waals surface area contributed by atoms with Crippen LogP contribution in [0.15, 0.2) is 132 Å². The second-order valence-corrected chi connectivity index (χ2v) is 13.5. The zero-order valence-electron chi connectivity index (χ0n) is 33.7. The number of hydrogen-bond acceptors (Lipinski definition) is 8. The van der Waals surface area contributed by atoms with Gasteiger partial charge in [-0.1, -0.05) is 23.7 Å². The number of nitrogens with zero attached hydrogens (tertiary/aromatic N) is 2. The van der Waals surface area contributed by atoms with E-state index in [4.69, 9.17) is 28.4 Å². The van der Waals surface area contributed by atoms with E-state index in [0.29, 0.717) is 11.1 Å². The average molecular weight is 795 g/mol. The summed E-state index contributed by atoms with van der Waals surface area (Å²) in [6.45, 7) is 0. The fraction of sp³-hybridized carbons (Fsp3) is 0.120. The first-order chi connectivity index (χ1) is 29.3. The molecule has 0 atom stereocenters. The molecule has 0 aliphatic carbocycles. The Labute approximate surface area is 346 Å². The molecule has 0 radical (unpaired) electrons. The van der Waals surface area contributed by atoms with Crippen LogP contribution in [0.25, 0.3) is 55.0 Å². The first kappa shape index (κ1) is 38.8. The van der Waals surface area contributed by atoms with E-state index in [2.05, 4.69) is 32.8 Å². The Morgan fingerprint density at radius 3 is 0.933 bits per heavy atom. The molecule has 0 aliphatic rings. The molecule has 0 aliphatic heterocycles. The molecule has 10 heteroatoms. The fourth-order valence-electron chi connectivity index (χ4n) is 7.32. The number of fused-ring (bicyclic) bond motifs is 6. The zero-order valence-corrected chi connectivity index (χ0v) is 33.7. The molecule has 8 aromatic rings. The van der Waals surface area contributed by atoms with E-state index in [9.17, 15) is 9.59 Å². The monoisotopic (exact) mass is 794 g/mol. The number of rotatable bonds is 8. The molecule has 0 spiro atoms. The minimum atomic E-state index is -0.820. The summed E-state index contributed by atoms with van der Waals surface area (Å²) in [5.41, 5.74) is 6.47. The predicted octanol–water partition coefficient (Wildman–Crippen LogP) is 8.96. The zero-order chi connectivity index (χ0) is 41.9. The summed E-state index contributed by atoms with van der Waals surface area (Å²) in [4.78, 5) is 26.3. The van der Waals surface area contributed by atoms with Crippen LogP contribution in [0.4, 0.5) is 0 Å².